The molecule has 0 aliphatic carbocycles. The lowest BCUT2D eigenvalue weighted by molar-refractivity contribution is 0.185. The molecule has 0 aliphatic rings. The largest absolute Gasteiger partial charge is 0.380 e. The molecule has 21 heavy (non-hydrogen) atoms. The van der Waals surface area contributed by atoms with Crippen LogP contribution in [0.4, 0.5) is 0 Å². The number of nitrogens with two attached hydrogens (primary N) is 1. The van der Waals surface area contributed by atoms with Crippen molar-refractivity contribution in [1.82, 2.24) is 4.98 Å². The maximum absolute atomic E-state index is 6.31. The lowest BCUT2D eigenvalue weighted by Crippen LogP contribution is -2.13. The lowest BCUT2D eigenvalue weighted by Gasteiger charge is -2.09. The van der Waals surface area contributed by atoms with Gasteiger partial charge in [-0.15, -0.1) is 11.3 Å². The van der Waals surface area contributed by atoms with Gasteiger partial charge in [0.25, 0.3) is 0 Å². The summed E-state index contributed by atoms with van der Waals surface area (Å²) in [6, 6.07) is 16.5. The van der Waals surface area contributed by atoms with E-state index in [1.165, 1.54) is 15.8 Å². The first-order chi connectivity index (χ1) is 10.3. The molecule has 0 spiro atoms. The first kappa shape index (κ1) is 14.2. The molecule has 0 radical (unpaired) electrons. The van der Waals surface area contributed by atoms with E-state index < -0.39 is 0 Å². The van der Waals surface area contributed by atoms with Crippen LogP contribution < -0.4 is 5.73 Å². The number of para-hydroxylation sites is 1. The van der Waals surface area contributed by atoms with E-state index >= 15 is 0 Å². The monoisotopic (exact) mass is 298 g/mol. The highest BCUT2D eigenvalue weighted by atomic mass is 32.1. The summed E-state index contributed by atoms with van der Waals surface area (Å²) >= 11 is 1.68. The summed E-state index contributed by atoms with van der Waals surface area (Å²) < 4.78 is 6.31. The van der Waals surface area contributed by atoms with Crippen molar-refractivity contribution in [3.63, 3.8) is 0 Å². The fraction of sp³-hybridized carbons (Fsp3) is 0.235. The molecule has 1 atom stereocenters. The fourth-order valence-electron chi connectivity index (χ4n) is 2.33. The van der Waals surface area contributed by atoms with Gasteiger partial charge >= 0.3 is 0 Å². The van der Waals surface area contributed by atoms with Gasteiger partial charge in [-0.05, 0) is 29.7 Å². The van der Waals surface area contributed by atoms with E-state index in [1.807, 2.05) is 18.2 Å². The maximum atomic E-state index is 6.31. The van der Waals surface area contributed by atoms with Crippen molar-refractivity contribution >= 4 is 21.6 Å². The molecular formula is C17H18N2OS. The number of ether oxygens (including phenoxy) is 1. The van der Waals surface area contributed by atoms with Crippen LogP contribution in [0.3, 0.4) is 0 Å². The summed E-state index contributed by atoms with van der Waals surface area (Å²) in [6.07, 6.45) is 0.799. The van der Waals surface area contributed by atoms with Gasteiger partial charge in [-0.1, -0.05) is 36.4 Å². The minimum absolute atomic E-state index is 0.0596. The number of rotatable bonds is 5. The Morgan fingerprint density at radius 3 is 2.52 bits per heavy atom. The summed E-state index contributed by atoms with van der Waals surface area (Å²) in [5, 5.41) is 0.997. The Balaban J connectivity index is 1.74. The number of thiazole rings is 1. The highest BCUT2D eigenvalue weighted by Gasteiger charge is 2.12. The molecule has 3 nitrogen and oxygen atoms in total. The molecule has 0 aliphatic heterocycles. The minimum atomic E-state index is -0.0596. The van der Waals surface area contributed by atoms with Crippen LogP contribution in [0.15, 0.2) is 48.5 Å². The molecule has 0 saturated heterocycles. The Hall–Kier alpha value is -1.75. The summed E-state index contributed by atoms with van der Waals surface area (Å²) in [5.74, 6) is 0. The van der Waals surface area contributed by atoms with Gasteiger partial charge in [0.15, 0.2) is 0 Å². The molecule has 0 saturated carbocycles. The average Bonchev–Trinajstić information content (AvgIpc) is 2.94. The molecule has 108 valence electrons. The first-order valence-corrected chi connectivity index (χ1v) is 7.75. The quantitative estimate of drug-likeness (QED) is 0.781. The number of aromatic nitrogens is 1. The molecule has 0 bridgehead atoms. The van der Waals surface area contributed by atoms with Crippen molar-refractivity contribution in [2.45, 2.75) is 19.1 Å². The molecule has 0 amide bonds. The van der Waals surface area contributed by atoms with E-state index in [0.717, 1.165) is 16.9 Å². The van der Waals surface area contributed by atoms with Gasteiger partial charge in [-0.25, -0.2) is 4.98 Å². The van der Waals surface area contributed by atoms with Gasteiger partial charge in [0.2, 0.25) is 0 Å². The van der Waals surface area contributed by atoms with E-state index in [1.54, 1.807) is 18.4 Å². The third kappa shape index (κ3) is 3.29. The number of hydrogen-bond donors (Lipinski definition) is 1. The number of methoxy groups -OCH3 is 1. The van der Waals surface area contributed by atoms with Crippen LogP contribution in [0.5, 0.6) is 0 Å². The van der Waals surface area contributed by atoms with E-state index in [4.69, 9.17) is 10.5 Å². The number of fused-ring (bicyclic) bond motifs is 1. The van der Waals surface area contributed by atoms with E-state index in [2.05, 4.69) is 35.3 Å². The Bertz CT molecular complexity index is 688. The van der Waals surface area contributed by atoms with Crippen LogP contribution in [0.25, 0.3) is 10.2 Å². The molecule has 1 unspecified atom stereocenters. The van der Waals surface area contributed by atoms with Crippen molar-refractivity contribution in [2.75, 3.05) is 7.11 Å². The van der Waals surface area contributed by atoms with Crippen molar-refractivity contribution in [1.29, 1.82) is 0 Å². The van der Waals surface area contributed by atoms with Crippen LogP contribution in [0, 0.1) is 0 Å². The van der Waals surface area contributed by atoms with Crippen LogP contribution in [0.1, 0.15) is 22.2 Å². The average molecular weight is 298 g/mol. The lowest BCUT2D eigenvalue weighted by atomic mass is 10.1. The summed E-state index contributed by atoms with van der Waals surface area (Å²) in [4.78, 5) is 4.63. The molecular weight excluding hydrogens is 280 g/mol. The Morgan fingerprint density at radius 1 is 1.10 bits per heavy atom. The Labute approximate surface area is 128 Å². The summed E-state index contributed by atoms with van der Waals surface area (Å²) in [7, 11) is 1.71. The molecule has 1 aromatic heterocycles. The Kier molecular flexibility index (Phi) is 4.29. The van der Waals surface area contributed by atoms with E-state index in [9.17, 15) is 0 Å². The minimum Gasteiger partial charge on any atom is -0.380 e. The summed E-state index contributed by atoms with van der Waals surface area (Å²) in [5.41, 5.74) is 9.74. The van der Waals surface area contributed by atoms with Crippen molar-refractivity contribution < 1.29 is 4.74 Å². The van der Waals surface area contributed by atoms with Crippen LogP contribution >= 0.6 is 11.3 Å². The second kappa shape index (κ2) is 6.35. The second-order valence-electron chi connectivity index (χ2n) is 5.08. The van der Waals surface area contributed by atoms with Gasteiger partial charge in [0.1, 0.15) is 5.01 Å². The van der Waals surface area contributed by atoms with Crippen LogP contribution in [-0.4, -0.2) is 12.1 Å². The molecule has 2 aromatic carbocycles. The molecule has 0 fully saturated rings. The van der Waals surface area contributed by atoms with Crippen molar-refractivity contribution in [3.8, 4) is 0 Å². The van der Waals surface area contributed by atoms with Gasteiger partial charge in [0, 0.05) is 7.11 Å². The van der Waals surface area contributed by atoms with Crippen LogP contribution in [0.2, 0.25) is 0 Å². The summed E-state index contributed by atoms with van der Waals surface area (Å²) in [6.45, 7) is 0.643. The first-order valence-electron chi connectivity index (χ1n) is 6.94. The predicted octanol–water partition coefficient (Wildman–Crippen LogP) is 3.69. The third-order valence-corrected chi connectivity index (χ3v) is 4.59. The fourth-order valence-corrected chi connectivity index (χ4v) is 3.30. The number of hydrogen-bond acceptors (Lipinski definition) is 4. The van der Waals surface area contributed by atoms with Crippen molar-refractivity contribution in [2.24, 2.45) is 5.73 Å². The zero-order chi connectivity index (χ0) is 14.7. The normalized spacial score (nSPS) is 12.7. The maximum Gasteiger partial charge on any atom is 0.111 e. The molecule has 1 heterocycles. The topological polar surface area (TPSA) is 48.1 Å². The van der Waals surface area contributed by atoms with Crippen LogP contribution in [-0.2, 0) is 17.8 Å². The SMILES string of the molecule is COCc1ccc(CC(N)c2nc3ccccc3s2)cc1. The molecule has 3 aromatic rings. The third-order valence-electron chi connectivity index (χ3n) is 3.42. The molecule has 4 heteroatoms. The van der Waals surface area contributed by atoms with E-state index in [0.29, 0.717) is 6.61 Å². The van der Waals surface area contributed by atoms with Crippen molar-refractivity contribution in [3.05, 3.63) is 64.7 Å². The number of benzene rings is 2. The van der Waals surface area contributed by atoms with Gasteiger partial charge in [-0.3, -0.25) is 0 Å². The molecule has 2 N–H and O–H groups in total. The second-order valence-corrected chi connectivity index (χ2v) is 6.14. The van der Waals surface area contributed by atoms with Gasteiger partial charge < -0.3 is 10.5 Å². The smallest absolute Gasteiger partial charge is 0.111 e. The predicted molar refractivity (Wildman–Crippen MR) is 87.4 cm³/mol. The van der Waals surface area contributed by atoms with Gasteiger partial charge in [0.05, 0.1) is 22.9 Å². The van der Waals surface area contributed by atoms with E-state index in [-0.39, 0.29) is 6.04 Å². The highest BCUT2D eigenvalue weighted by molar-refractivity contribution is 7.18. The zero-order valence-corrected chi connectivity index (χ0v) is 12.8. The standard InChI is InChI=1S/C17H18N2OS/c1-20-11-13-8-6-12(7-9-13)10-14(18)17-19-15-4-2-3-5-16(15)21-17/h2-9,14H,10-11,18H2,1H3. The molecule has 3 rings (SSSR count). The number of nitrogens with zero attached hydrogens (tertiary/aromatic N) is 1. The zero-order valence-electron chi connectivity index (χ0n) is 12.0. The Morgan fingerprint density at radius 2 is 1.81 bits per heavy atom. The van der Waals surface area contributed by atoms with Gasteiger partial charge in [-0.2, -0.15) is 0 Å². The highest BCUT2D eigenvalue weighted by Crippen LogP contribution is 2.27.